The molecule has 3 fully saturated rings. The SMILES string of the molecule is CN1CCC[C@H]1COc1cc(/C(N)=C/C=[NH+]C[C@H]2CCOC2)nc(-c2noc3c2CCC[C@@]32CCCCC2=O)n1. The summed E-state index contributed by atoms with van der Waals surface area (Å²) >= 11 is 0. The first kappa shape index (κ1) is 27.1. The predicted molar refractivity (Wildman–Crippen MR) is 150 cm³/mol. The summed E-state index contributed by atoms with van der Waals surface area (Å²) in [5.41, 5.74) is 8.57. The van der Waals surface area contributed by atoms with Crippen molar-refractivity contribution in [3.63, 3.8) is 0 Å². The molecular weight excluding hydrogens is 508 g/mol. The normalized spacial score (nSPS) is 27.6. The molecule has 1 spiro atoms. The van der Waals surface area contributed by atoms with Gasteiger partial charge < -0.3 is 24.6 Å². The third-order valence-corrected chi connectivity index (χ3v) is 9.16. The second-order valence-corrected chi connectivity index (χ2v) is 11.8. The van der Waals surface area contributed by atoms with Crippen molar-refractivity contribution in [3.05, 3.63) is 29.2 Å². The topological polar surface area (TPSA) is 131 Å². The summed E-state index contributed by atoms with van der Waals surface area (Å²) in [6, 6.07) is 2.14. The molecule has 2 aromatic rings. The van der Waals surface area contributed by atoms with E-state index in [1.807, 2.05) is 12.3 Å². The van der Waals surface area contributed by atoms with Crippen LogP contribution in [0.2, 0.25) is 0 Å². The lowest BCUT2D eigenvalue weighted by Gasteiger charge is -2.36. The highest BCUT2D eigenvalue weighted by molar-refractivity contribution is 5.91. The first-order valence-corrected chi connectivity index (χ1v) is 14.9. The number of likely N-dealkylation sites (tertiary alicyclic amines) is 1. The molecule has 3 atom stereocenters. The van der Waals surface area contributed by atoms with E-state index in [2.05, 4.69) is 22.1 Å². The van der Waals surface area contributed by atoms with Gasteiger partial charge in [-0.2, -0.15) is 4.98 Å². The molecule has 2 aliphatic carbocycles. The van der Waals surface area contributed by atoms with E-state index in [9.17, 15) is 4.79 Å². The number of ketones is 1. The fourth-order valence-corrected chi connectivity index (χ4v) is 6.71. The number of carbonyl (C=O) groups excluding carboxylic acids is 1. The third kappa shape index (κ3) is 5.43. The number of likely N-dealkylation sites (N-methyl/N-ethyl adjacent to an activating group) is 1. The van der Waals surface area contributed by atoms with E-state index in [1.165, 1.54) is 6.42 Å². The number of fused-ring (bicyclic) bond motifs is 2. The second kappa shape index (κ2) is 11.8. The Morgan fingerprint density at radius 1 is 1.23 bits per heavy atom. The number of carbonyl (C=O) groups is 1. The molecule has 0 radical (unpaired) electrons. The quantitative estimate of drug-likeness (QED) is 0.474. The van der Waals surface area contributed by atoms with Gasteiger partial charge in [0.15, 0.2) is 23.5 Å². The van der Waals surface area contributed by atoms with Crippen molar-refractivity contribution in [2.75, 3.05) is 40.0 Å². The molecule has 0 unspecified atom stereocenters. The van der Waals surface area contributed by atoms with Gasteiger partial charge in [0.25, 0.3) is 0 Å². The van der Waals surface area contributed by atoms with Crippen LogP contribution in [0.1, 0.15) is 74.8 Å². The fraction of sp³-hybridized carbons (Fsp3) is 0.633. The van der Waals surface area contributed by atoms with E-state index in [-0.39, 0.29) is 5.78 Å². The molecule has 4 heterocycles. The molecule has 2 aromatic heterocycles. The van der Waals surface area contributed by atoms with Crippen LogP contribution >= 0.6 is 0 Å². The molecular formula is C30H41N6O4+. The van der Waals surface area contributed by atoms with Gasteiger partial charge in [-0.3, -0.25) is 4.79 Å². The van der Waals surface area contributed by atoms with Gasteiger partial charge in [-0.25, -0.2) is 9.98 Å². The largest absolute Gasteiger partial charge is 0.476 e. The molecule has 3 N–H and O–H groups in total. The number of nitrogens with one attached hydrogen (secondary N) is 1. The average molecular weight is 550 g/mol. The van der Waals surface area contributed by atoms with E-state index in [0.29, 0.717) is 53.8 Å². The van der Waals surface area contributed by atoms with Crippen molar-refractivity contribution in [1.29, 1.82) is 0 Å². The van der Waals surface area contributed by atoms with Crippen LogP contribution in [0, 0.1) is 5.92 Å². The summed E-state index contributed by atoms with van der Waals surface area (Å²) in [6.45, 7) is 4.08. The summed E-state index contributed by atoms with van der Waals surface area (Å²) in [5, 5.41) is 4.45. The molecule has 2 saturated heterocycles. The fourth-order valence-electron chi connectivity index (χ4n) is 6.71. The number of allylic oxidation sites excluding steroid dienone is 1. The molecule has 10 nitrogen and oxygen atoms in total. The maximum atomic E-state index is 13.1. The Kier molecular flexibility index (Phi) is 7.98. The molecule has 4 aliphatic rings. The first-order chi connectivity index (χ1) is 19.5. The number of aromatic nitrogens is 3. The van der Waals surface area contributed by atoms with Gasteiger partial charge in [0, 0.05) is 42.7 Å². The van der Waals surface area contributed by atoms with E-state index >= 15 is 0 Å². The van der Waals surface area contributed by atoms with Crippen molar-refractivity contribution in [2.24, 2.45) is 11.7 Å². The molecule has 214 valence electrons. The number of rotatable bonds is 8. The van der Waals surface area contributed by atoms with Crippen LogP contribution < -0.4 is 15.5 Å². The van der Waals surface area contributed by atoms with E-state index < -0.39 is 5.41 Å². The van der Waals surface area contributed by atoms with Crippen LogP contribution in [-0.4, -0.2) is 78.0 Å². The summed E-state index contributed by atoms with van der Waals surface area (Å²) in [4.78, 5) is 28.4. The van der Waals surface area contributed by atoms with Crippen molar-refractivity contribution in [3.8, 4) is 17.4 Å². The average Bonchev–Trinajstić information content (AvgIpc) is 3.73. The van der Waals surface area contributed by atoms with Crippen molar-refractivity contribution in [1.82, 2.24) is 20.0 Å². The van der Waals surface area contributed by atoms with Gasteiger partial charge >= 0.3 is 0 Å². The lowest BCUT2D eigenvalue weighted by molar-refractivity contribution is -0.459. The first-order valence-electron chi connectivity index (χ1n) is 14.9. The van der Waals surface area contributed by atoms with Crippen LogP contribution in [0.3, 0.4) is 0 Å². The van der Waals surface area contributed by atoms with E-state index in [4.69, 9.17) is 29.7 Å². The van der Waals surface area contributed by atoms with Crippen LogP contribution in [0.15, 0.2) is 16.7 Å². The van der Waals surface area contributed by atoms with Crippen LogP contribution in [0.25, 0.3) is 17.2 Å². The van der Waals surface area contributed by atoms with Crippen molar-refractivity contribution in [2.45, 2.75) is 75.7 Å². The second-order valence-electron chi connectivity index (χ2n) is 11.8. The van der Waals surface area contributed by atoms with Gasteiger partial charge in [-0.15, -0.1) is 0 Å². The zero-order valence-electron chi connectivity index (χ0n) is 23.5. The summed E-state index contributed by atoms with van der Waals surface area (Å²) in [5.74, 6) is 2.40. The Bertz CT molecular complexity index is 1280. The number of hydrogen-bond acceptors (Lipinski definition) is 9. The summed E-state index contributed by atoms with van der Waals surface area (Å²) < 4.78 is 17.6. The Hall–Kier alpha value is -3.11. The number of nitrogens with two attached hydrogens (primary N) is 1. The maximum Gasteiger partial charge on any atom is 0.217 e. The summed E-state index contributed by atoms with van der Waals surface area (Å²) in [7, 11) is 2.13. The standard InChI is InChI=1S/C30H40N6O4/c1-36-14-5-6-21(36)19-39-26-16-24(23(31)9-13-32-17-20-10-15-38-18-20)33-29(34-26)27-22-7-4-12-30(28(22)40-35-27)11-3-2-8-25(30)37/h9,13,16,20-21H,2-8,10-12,14-15,17-19,31H2,1H3/p+1/b23-9-,32-13?/t20-,21+,30-/m1/s1. The highest BCUT2D eigenvalue weighted by atomic mass is 16.5. The van der Waals surface area contributed by atoms with Gasteiger partial charge in [0.2, 0.25) is 5.88 Å². The molecule has 1 saturated carbocycles. The zero-order chi connectivity index (χ0) is 27.5. The third-order valence-electron chi connectivity index (χ3n) is 9.16. The molecule has 10 heteroatoms. The lowest BCUT2D eigenvalue weighted by atomic mass is 9.64. The van der Waals surface area contributed by atoms with Crippen LogP contribution in [-0.2, 0) is 21.4 Å². The van der Waals surface area contributed by atoms with Gasteiger partial charge in [-0.1, -0.05) is 11.6 Å². The van der Waals surface area contributed by atoms with Crippen molar-refractivity contribution < 1.29 is 23.8 Å². The van der Waals surface area contributed by atoms with Crippen LogP contribution in [0.5, 0.6) is 5.88 Å². The Labute approximate surface area is 235 Å². The van der Waals surface area contributed by atoms with Gasteiger partial charge in [0.1, 0.15) is 18.9 Å². The Morgan fingerprint density at radius 2 is 2.12 bits per heavy atom. The molecule has 6 rings (SSSR count). The minimum atomic E-state index is -0.551. The minimum Gasteiger partial charge on any atom is -0.476 e. The molecule has 40 heavy (non-hydrogen) atoms. The summed E-state index contributed by atoms with van der Waals surface area (Å²) in [6.07, 6.45) is 13.0. The molecule has 0 amide bonds. The zero-order valence-corrected chi connectivity index (χ0v) is 23.5. The molecule has 0 bridgehead atoms. The number of Topliss-reactive ketones (excluding diaryl/α,β-unsaturated/α-hetero) is 1. The predicted octanol–water partition coefficient (Wildman–Crippen LogP) is 1.81. The monoisotopic (exact) mass is 549 g/mol. The Balaban J connectivity index is 1.31. The maximum absolute atomic E-state index is 13.1. The number of nitrogens with zero attached hydrogens (tertiary/aromatic N) is 4. The van der Waals surface area contributed by atoms with Gasteiger partial charge in [0.05, 0.1) is 23.4 Å². The smallest absolute Gasteiger partial charge is 0.217 e. The number of ether oxygens (including phenoxy) is 2. The van der Waals surface area contributed by atoms with E-state index in [0.717, 1.165) is 89.0 Å². The minimum absolute atomic E-state index is 0.279. The molecule has 0 aromatic carbocycles. The lowest BCUT2D eigenvalue weighted by Crippen LogP contribution is -2.70. The van der Waals surface area contributed by atoms with Crippen LogP contribution in [0.4, 0.5) is 0 Å². The Morgan fingerprint density at radius 3 is 2.92 bits per heavy atom. The molecule has 2 aliphatic heterocycles. The number of hydrogen-bond donors (Lipinski definition) is 2. The highest BCUT2D eigenvalue weighted by Crippen LogP contribution is 2.47. The highest BCUT2D eigenvalue weighted by Gasteiger charge is 2.48. The van der Waals surface area contributed by atoms with Crippen molar-refractivity contribution >= 4 is 17.7 Å². The van der Waals surface area contributed by atoms with E-state index in [1.54, 1.807) is 6.07 Å². The van der Waals surface area contributed by atoms with Gasteiger partial charge in [-0.05, 0) is 65.0 Å².